The number of anilines is 1. The van der Waals surface area contributed by atoms with Crippen molar-refractivity contribution in [1.29, 1.82) is 0 Å². The zero-order valence-corrected chi connectivity index (χ0v) is 14.1. The van der Waals surface area contributed by atoms with Crippen LogP contribution in [0.1, 0.15) is 39.7 Å². The number of carbonyl (C=O) groups is 1. The van der Waals surface area contributed by atoms with Gasteiger partial charge in [-0.1, -0.05) is 13.0 Å². The Bertz CT molecular complexity index is 494. The van der Waals surface area contributed by atoms with E-state index in [9.17, 15) is 4.79 Å². The van der Waals surface area contributed by atoms with E-state index in [4.69, 9.17) is 19.9 Å². The average Bonchev–Trinajstić information content (AvgIpc) is 2.36. The van der Waals surface area contributed by atoms with E-state index in [1.807, 2.05) is 45.9 Å². The molecule has 1 atom stereocenters. The van der Waals surface area contributed by atoms with Gasteiger partial charge in [-0.3, -0.25) is 4.79 Å². The monoisotopic (exact) mass is 309 g/mol. The third-order valence-corrected chi connectivity index (χ3v) is 2.90. The van der Waals surface area contributed by atoms with Crippen molar-refractivity contribution in [1.82, 2.24) is 0 Å². The molecular formula is C17H27NO4. The summed E-state index contributed by atoms with van der Waals surface area (Å²) in [5.74, 6) is 0.560. The fourth-order valence-corrected chi connectivity index (χ4v) is 1.98. The van der Waals surface area contributed by atoms with Crippen LogP contribution in [0.4, 0.5) is 5.69 Å². The van der Waals surface area contributed by atoms with Crippen molar-refractivity contribution in [3.8, 4) is 5.75 Å². The number of hydrogen-bond donors (Lipinski definition) is 1. The molecule has 0 radical (unpaired) electrons. The van der Waals surface area contributed by atoms with Gasteiger partial charge in [0.15, 0.2) is 0 Å². The van der Waals surface area contributed by atoms with Gasteiger partial charge in [0.1, 0.15) is 11.4 Å². The minimum Gasteiger partial charge on any atom is -0.495 e. The van der Waals surface area contributed by atoms with Gasteiger partial charge in [0.25, 0.3) is 0 Å². The molecule has 5 heteroatoms. The summed E-state index contributed by atoms with van der Waals surface area (Å²) in [6.45, 7) is 8.49. The maximum Gasteiger partial charge on any atom is 0.306 e. The molecule has 5 nitrogen and oxygen atoms in total. The lowest BCUT2D eigenvalue weighted by atomic mass is 10.1. The Hall–Kier alpha value is -1.75. The van der Waals surface area contributed by atoms with E-state index in [-0.39, 0.29) is 11.9 Å². The van der Waals surface area contributed by atoms with E-state index in [1.54, 1.807) is 7.11 Å². The Balaban J connectivity index is 2.34. The van der Waals surface area contributed by atoms with Crippen molar-refractivity contribution in [2.45, 2.75) is 46.3 Å². The summed E-state index contributed by atoms with van der Waals surface area (Å²) >= 11 is 0. The van der Waals surface area contributed by atoms with Crippen LogP contribution < -0.4 is 10.5 Å². The number of carbonyl (C=O) groups excluding carboxylic acids is 1. The molecule has 0 aliphatic carbocycles. The molecule has 0 saturated carbocycles. The van der Waals surface area contributed by atoms with Gasteiger partial charge >= 0.3 is 5.97 Å². The summed E-state index contributed by atoms with van der Waals surface area (Å²) in [5.41, 5.74) is 6.96. The highest BCUT2D eigenvalue weighted by Gasteiger charge is 2.18. The highest BCUT2D eigenvalue weighted by atomic mass is 16.6. The van der Waals surface area contributed by atoms with Crippen molar-refractivity contribution in [3.63, 3.8) is 0 Å². The van der Waals surface area contributed by atoms with Crippen molar-refractivity contribution in [2.24, 2.45) is 5.92 Å². The van der Waals surface area contributed by atoms with E-state index >= 15 is 0 Å². The number of nitrogens with two attached hydrogens (primary N) is 1. The van der Waals surface area contributed by atoms with Crippen LogP contribution in [0.25, 0.3) is 0 Å². The van der Waals surface area contributed by atoms with Gasteiger partial charge in [-0.05, 0) is 44.4 Å². The largest absolute Gasteiger partial charge is 0.495 e. The van der Waals surface area contributed by atoms with Gasteiger partial charge in [-0.25, -0.2) is 0 Å². The summed E-state index contributed by atoms with van der Waals surface area (Å²) in [5, 5.41) is 0. The van der Waals surface area contributed by atoms with Crippen molar-refractivity contribution in [3.05, 3.63) is 23.8 Å². The number of methoxy groups -OCH3 is 1. The molecule has 0 fully saturated rings. The van der Waals surface area contributed by atoms with Crippen LogP contribution in [-0.4, -0.2) is 25.3 Å². The van der Waals surface area contributed by atoms with E-state index in [0.29, 0.717) is 31.1 Å². The van der Waals surface area contributed by atoms with E-state index in [1.165, 1.54) is 0 Å². The molecule has 0 saturated heterocycles. The smallest absolute Gasteiger partial charge is 0.306 e. The molecule has 1 aromatic rings. The topological polar surface area (TPSA) is 70.8 Å². The lowest BCUT2D eigenvalue weighted by molar-refractivity contribution is -0.156. The minimum absolute atomic E-state index is 0.102. The number of esters is 1. The molecule has 0 bridgehead atoms. The lowest BCUT2D eigenvalue weighted by Crippen LogP contribution is -2.25. The second-order valence-electron chi connectivity index (χ2n) is 6.49. The van der Waals surface area contributed by atoms with Gasteiger partial charge in [0.05, 0.1) is 32.4 Å². The second-order valence-corrected chi connectivity index (χ2v) is 6.49. The number of rotatable bonds is 7. The fraction of sp³-hybridized carbons (Fsp3) is 0.588. The molecule has 0 aromatic heterocycles. The maximum absolute atomic E-state index is 11.7. The Morgan fingerprint density at radius 2 is 2.00 bits per heavy atom. The first-order valence-corrected chi connectivity index (χ1v) is 7.43. The second kappa shape index (κ2) is 8.03. The fourth-order valence-electron chi connectivity index (χ4n) is 1.98. The summed E-state index contributed by atoms with van der Waals surface area (Å²) in [7, 11) is 1.58. The molecule has 0 aliphatic rings. The van der Waals surface area contributed by atoms with Gasteiger partial charge in [-0.2, -0.15) is 0 Å². The minimum atomic E-state index is -0.446. The van der Waals surface area contributed by atoms with Gasteiger partial charge < -0.3 is 19.9 Å². The molecule has 1 rings (SSSR count). The predicted molar refractivity (Wildman–Crippen MR) is 86.7 cm³/mol. The summed E-state index contributed by atoms with van der Waals surface area (Å²) in [6, 6.07) is 5.56. The standard InChI is InChI=1S/C17H27NO4/c1-12(8-16(19)22-17(2,3)4)10-21-11-13-6-7-15(20-5)14(18)9-13/h6-7,9,12H,8,10-11,18H2,1-5H3/t12-/m1/s1. The molecule has 0 unspecified atom stereocenters. The molecule has 0 amide bonds. The van der Waals surface area contributed by atoms with E-state index in [2.05, 4.69) is 0 Å². The zero-order valence-electron chi connectivity index (χ0n) is 14.1. The Morgan fingerprint density at radius 1 is 1.32 bits per heavy atom. The molecular weight excluding hydrogens is 282 g/mol. The molecule has 124 valence electrons. The zero-order chi connectivity index (χ0) is 16.8. The molecule has 1 aromatic carbocycles. The predicted octanol–water partition coefficient (Wildman–Crippen LogP) is 3.16. The Labute approximate surface area is 132 Å². The van der Waals surface area contributed by atoms with Gasteiger partial charge in [0, 0.05) is 0 Å². The number of nitrogen functional groups attached to an aromatic ring is 1. The van der Waals surface area contributed by atoms with E-state index in [0.717, 1.165) is 5.56 Å². The third-order valence-electron chi connectivity index (χ3n) is 2.90. The van der Waals surface area contributed by atoms with Crippen LogP contribution in [0.15, 0.2) is 18.2 Å². The summed E-state index contributed by atoms with van der Waals surface area (Å²) in [4.78, 5) is 11.7. The normalized spacial score (nSPS) is 12.8. The summed E-state index contributed by atoms with van der Waals surface area (Å²) < 4.78 is 16.0. The lowest BCUT2D eigenvalue weighted by Gasteiger charge is -2.21. The van der Waals surface area contributed by atoms with Crippen LogP contribution in [0, 0.1) is 5.92 Å². The highest BCUT2D eigenvalue weighted by molar-refractivity contribution is 5.70. The van der Waals surface area contributed by atoms with Crippen molar-refractivity contribution >= 4 is 11.7 Å². The average molecular weight is 309 g/mol. The van der Waals surface area contributed by atoms with Crippen LogP contribution in [0.5, 0.6) is 5.75 Å². The molecule has 0 heterocycles. The van der Waals surface area contributed by atoms with Crippen LogP contribution in [0.2, 0.25) is 0 Å². The van der Waals surface area contributed by atoms with Crippen molar-refractivity contribution < 1.29 is 19.0 Å². The first-order chi connectivity index (χ1) is 10.2. The van der Waals surface area contributed by atoms with Gasteiger partial charge in [0.2, 0.25) is 0 Å². The number of hydrogen-bond acceptors (Lipinski definition) is 5. The van der Waals surface area contributed by atoms with Crippen LogP contribution in [-0.2, 0) is 20.9 Å². The van der Waals surface area contributed by atoms with Crippen LogP contribution in [0.3, 0.4) is 0 Å². The first kappa shape index (κ1) is 18.3. The van der Waals surface area contributed by atoms with Gasteiger partial charge in [-0.15, -0.1) is 0 Å². The quantitative estimate of drug-likeness (QED) is 0.619. The van der Waals surface area contributed by atoms with Crippen molar-refractivity contribution in [2.75, 3.05) is 19.5 Å². The Kier molecular flexibility index (Phi) is 6.68. The van der Waals surface area contributed by atoms with Crippen LogP contribution >= 0.6 is 0 Å². The highest BCUT2D eigenvalue weighted by Crippen LogP contribution is 2.22. The summed E-state index contributed by atoms with van der Waals surface area (Å²) in [6.07, 6.45) is 0.349. The Morgan fingerprint density at radius 3 is 2.55 bits per heavy atom. The SMILES string of the molecule is COc1ccc(COC[C@H](C)CC(=O)OC(C)(C)C)cc1N. The molecule has 0 aliphatic heterocycles. The van der Waals surface area contributed by atoms with E-state index < -0.39 is 5.60 Å². The maximum atomic E-state index is 11.7. The molecule has 2 N–H and O–H groups in total. The third kappa shape index (κ3) is 6.80. The molecule has 0 spiro atoms. The molecule has 22 heavy (non-hydrogen) atoms. The number of benzene rings is 1. The number of ether oxygens (including phenoxy) is 3. The first-order valence-electron chi connectivity index (χ1n) is 7.43.